The van der Waals surface area contributed by atoms with Crippen molar-refractivity contribution in [2.24, 2.45) is 4.99 Å². The zero-order chi connectivity index (χ0) is 16.8. The second kappa shape index (κ2) is 7.11. The molecule has 0 atom stereocenters. The van der Waals surface area contributed by atoms with Crippen molar-refractivity contribution in [1.82, 2.24) is 0 Å². The average molecular weight is 317 g/mol. The molecule has 0 aliphatic rings. The standard InChI is InChI=1S/C21H19NO2/c1-24-20-14-12-19(13-15-20)22-16-21(23,17-8-4-2-5-9-17)18-10-6-3-7-11-18/h2-16,23H,1H3. The summed E-state index contributed by atoms with van der Waals surface area (Å²) in [5.41, 5.74) is 1.01. The molecule has 1 N–H and O–H groups in total. The summed E-state index contributed by atoms with van der Waals surface area (Å²) in [7, 11) is 1.63. The van der Waals surface area contributed by atoms with Crippen LogP contribution < -0.4 is 4.74 Å². The van der Waals surface area contributed by atoms with E-state index < -0.39 is 5.60 Å². The first-order valence-corrected chi connectivity index (χ1v) is 7.75. The minimum atomic E-state index is -1.29. The predicted octanol–water partition coefficient (Wildman–Crippen LogP) is 4.33. The maximum Gasteiger partial charge on any atom is 0.150 e. The highest BCUT2D eigenvalue weighted by molar-refractivity contribution is 5.79. The van der Waals surface area contributed by atoms with Crippen molar-refractivity contribution < 1.29 is 9.84 Å². The molecule has 3 aromatic rings. The quantitative estimate of drug-likeness (QED) is 0.712. The highest BCUT2D eigenvalue weighted by Crippen LogP contribution is 2.29. The summed E-state index contributed by atoms with van der Waals surface area (Å²) in [6.07, 6.45) is 1.58. The summed E-state index contributed by atoms with van der Waals surface area (Å²) in [5, 5.41) is 11.3. The Morgan fingerprint density at radius 1 is 0.792 bits per heavy atom. The number of rotatable bonds is 5. The number of hydrogen-bond donors (Lipinski definition) is 1. The van der Waals surface area contributed by atoms with Gasteiger partial charge < -0.3 is 9.84 Å². The molecule has 0 radical (unpaired) electrons. The molecule has 0 heterocycles. The number of ether oxygens (including phenoxy) is 1. The lowest BCUT2D eigenvalue weighted by atomic mass is 9.87. The molecule has 0 aromatic heterocycles. The van der Waals surface area contributed by atoms with E-state index in [9.17, 15) is 5.11 Å². The zero-order valence-corrected chi connectivity index (χ0v) is 13.5. The van der Waals surface area contributed by atoms with Crippen LogP contribution >= 0.6 is 0 Å². The van der Waals surface area contributed by atoms with Crippen LogP contribution in [0.1, 0.15) is 11.1 Å². The van der Waals surface area contributed by atoms with Gasteiger partial charge in [0, 0.05) is 6.21 Å². The van der Waals surface area contributed by atoms with Gasteiger partial charge in [0.15, 0.2) is 5.60 Å². The Morgan fingerprint density at radius 2 is 1.29 bits per heavy atom. The molecule has 3 heteroatoms. The topological polar surface area (TPSA) is 41.8 Å². The Labute approximate surface area is 141 Å². The highest BCUT2D eigenvalue weighted by atomic mass is 16.5. The van der Waals surface area contributed by atoms with Gasteiger partial charge in [-0.1, -0.05) is 60.7 Å². The number of hydrogen-bond acceptors (Lipinski definition) is 3. The lowest BCUT2D eigenvalue weighted by Gasteiger charge is -2.25. The first-order valence-electron chi connectivity index (χ1n) is 7.75. The molecule has 0 spiro atoms. The average Bonchev–Trinajstić information content (AvgIpc) is 2.68. The van der Waals surface area contributed by atoms with Crippen LogP contribution in [0.25, 0.3) is 0 Å². The SMILES string of the molecule is COc1ccc(N=CC(O)(c2ccccc2)c2ccccc2)cc1. The predicted molar refractivity (Wildman–Crippen MR) is 97.0 cm³/mol. The van der Waals surface area contributed by atoms with Crippen LogP contribution in [0.5, 0.6) is 5.75 Å². The Bertz CT molecular complexity index is 757. The number of methoxy groups -OCH3 is 1. The van der Waals surface area contributed by atoms with Gasteiger partial charge in [-0.05, 0) is 35.4 Å². The van der Waals surface area contributed by atoms with Gasteiger partial charge in [-0.2, -0.15) is 0 Å². The smallest absolute Gasteiger partial charge is 0.150 e. The lowest BCUT2D eigenvalue weighted by molar-refractivity contribution is 0.161. The van der Waals surface area contributed by atoms with Crippen LogP contribution in [0, 0.1) is 0 Å². The molecule has 0 saturated heterocycles. The van der Waals surface area contributed by atoms with Crippen molar-refractivity contribution in [2.45, 2.75) is 5.60 Å². The van der Waals surface area contributed by atoms with E-state index in [0.29, 0.717) is 0 Å². The molecule has 0 saturated carbocycles. The van der Waals surface area contributed by atoms with Crippen LogP contribution in [0.15, 0.2) is 89.9 Å². The molecular formula is C21H19NO2. The van der Waals surface area contributed by atoms with E-state index in [1.807, 2.05) is 84.9 Å². The van der Waals surface area contributed by atoms with Crippen LogP contribution in [0.2, 0.25) is 0 Å². The maximum atomic E-state index is 11.3. The molecule has 3 nitrogen and oxygen atoms in total. The number of aliphatic hydroxyl groups is 1. The Hall–Kier alpha value is -2.91. The fourth-order valence-electron chi connectivity index (χ4n) is 2.54. The van der Waals surface area contributed by atoms with E-state index in [2.05, 4.69) is 4.99 Å². The van der Waals surface area contributed by atoms with E-state index >= 15 is 0 Å². The van der Waals surface area contributed by atoms with Crippen molar-refractivity contribution in [3.05, 3.63) is 96.1 Å². The van der Waals surface area contributed by atoms with Crippen LogP contribution in [-0.2, 0) is 5.60 Å². The normalized spacial score (nSPS) is 11.6. The number of benzene rings is 3. The first kappa shape index (κ1) is 16.0. The molecule has 0 fully saturated rings. The van der Waals surface area contributed by atoms with E-state index in [-0.39, 0.29) is 0 Å². The molecule has 3 aromatic carbocycles. The Morgan fingerprint density at radius 3 is 1.75 bits per heavy atom. The van der Waals surface area contributed by atoms with Gasteiger partial charge in [-0.25, -0.2) is 0 Å². The molecule has 3 rings (SSSR count). The van der Waals surface area contributed by atoms with Gasteiger partial charge in [0.05, 0.1) is 12.8 Å². The number of nitrogens with zero attached hydrogens (tertiary/aromatic N) is 1. The van der Waals surface area contributed by atoms with Crippen molar-refractivity contribution in [3.8, 4) is 5.75 Å². The Kier molecular flexibility index (Phi) is 4.73. The molecule has 24 heavy (non-hydrogen) atoms. The molecular weight excluding hydrogens is 298 g/mol. The van der Waals surface area contributed by atoms with Gasteiger partial charge in [0.1, 0.15) is 5.75 Å². The van der Waals surface area contributed by atoms with Crippen molar-refractivity contribution in [1.29, 1.82) is 0 Å². The lowest BCUT2D eigenvalue weighted by Crippen LogP contribution is -2.29. The fraction of sp³-hybridized carbons (Fsp3) is 0.0952. The molecule has 120 valence electrons. The van der Waals surface area contributed by atoms with E-state index in [1.165, 1.54) is 0 Å². The second-order valence-electron chi connectivity index (χ2n) is 5.45. The summed E-state index contributed by atoms with van der Waals surface area (Å²) in [6.45, 7) is 0. The zero-order valence-electron chi connectivity index (χ0n) is 13.5. The van der Waals surface area contributed by atoms with E-state index in [1.54, 1.807) is 13.3 Å². The molecule has 0 unspecified atom stereocenters. The third-order valence-corrected chi connectivity index (χ3v) is 3.90. The summed E-state index contributed by atoms with van der Waals surface area (Å²) in [5.74, 6) is 0.773. The van der Waals surface area contributed by atoms with Crippen LogP contribution in [0.3, 0.4) is 0 Å². The van der Waals surface area contributed by atoms with Crippen molar-refractivity contribution in [3.63, 3.8) is 0 Å². The summed E-state index contributed by atoms with van der Waals surface area (Å²) in [6, 6.07) is 26.5. The van der Waals surface area contributed by atoms with Gasteiger partial charge in [0.2, 0.25) is 0 Å². The van der Waals surface area contributed by atoms with Crippen LogP contribution in [-0.4, -0.2) is 18.4 Å². The first-order chi connectivity index (χ1) is 11.7. The van der Waals surface area contributed by atoms with Gasteiger partial charge in [-0.15, -0.1) is 0 Å². The fourth-order valence-corrected chi connectivity index (χ4v) is 2.54. The monoisotopic (exact) mass is 317 g/mol. The number of aliphatic imine (C=N–C) groups is 1. The van der Waals surface area contributed by atoms with Gasteiger partial charge >= 0.3 is 0 Å². The summed E-state index contributed by atoms with van der Waals surface area (Å²) < 4.78 is 5.15. The summed E-state index contributed by atoms with van der Waals surface area (Å²) >= 11 is 0. The van der Waals surface area contributed by atoms with E-state index in [0.717, 1.165) is 22.6 Å². The molecule has 0 aliphatic carbocycles. The third-order valence-electron chi connectivity index (χ3n) is 3.90. The summed E-state index contributed by atoms with van der Waals surface area (Å²) in [4.78, 5) is 4.48. The Balaban J connectivity index is 2.00. The molecule has 0 amide bonds. The molecule has 0 aliphatic heterocycles. The van der Waals surface area contributed by atoms with Gasteiger partial charge in [0.25, 0.3) is 0 Å². The van der Waals surface area contributed by atoms with Crippen molar-refractivity contribution >= 4 is 11.9 Å². The minimum absolute atomic E-state index is 0.751. The maximum absolute atomic E-state index is 11.3. The van der Waals surface area contributed by atoms with Gasteiger partial charge in [-0.3, -0.25) is 4.99 Å². The largest absolute Gasteiger partial charge is 0.497 e. The minimum Gasteiger partial charge on any atom is -0.497 e. The highest BCUT2D eigenvalue weighted by Gasteiger charge is 2.29. The third kappa shape index (κ3) is 3.36. The molecule has 0 bridgehead atoms. The second-order valence-corrected chi connectivity index (χ2v) is 5.45. The van der Waals surface area contributed by atoms with E-state index in [4.69, 9.17) is 4.74 Å². The van der Waals surface area contributed by atoms with Crippen LogP contribution in [0.4, 0.5) is 5.69 Å². The van der Waals surface area contributed by atoms with Crippen molar-refractivity contribution in [2.75, 3.05) is 7.11 Å².